The van der Waals surface area contributed by atoms with Crippen LogP contribution < -0.4 is 0 Å². The fourth-order valence-electron chi connectivity index (χ4n) is 2.03. The van der Waals surface area contributed by atoms with Crippen LogP contribution in [-0.2, 0) is 21.1 Å². The number of amides is 1. The fourth-order valence-corrected chi connectivity index (χ4v) is 2.76. The summed E-state index contributed by atoms with van der Waals surface area (Å²) in [6, 6.07) is 9.67. The van der Waals surface area contributed by atoms with Gasteiger partial charge in [0.2, 0.25) is 0 Å². The van der Waals surface area contributed by atoms with Gasteiger partial charge in [-0.25, -0.2) is 13.2 Å². The van der Waals surface area contributed by atoms with Crippen LogP contribution in [0.25, 0.3) is 0 Å². The number of rotatable bonds is 7. The molecule has 0 aliphatic carbocycles. The van der Waals surface area contributed by atoms with Gasteiger partial charge in [0.1, 0.15) is 15.4 Å². The Morgan fingerprint density at radius 3 is 2.26 bits per heavy atom. The predicted octanol–water partition coefficient (Wildman–Crippen LogP) is 3.25. The number of ether oxygens (including phenoxy) is 1. The van der Waals surface area contributed by atoms with E-state index in [0.717, 1.165) is 5.56 Å². The van der Waals surface area contributed by atoms with E-state index in [1.54, 1.807) is 4.90 Å². The maximum Gasteiger partial charge on any atom is 0.410 e. The van der Waals surface area contributed by atoms with E-state index in [9.17, 15) is 13.2 Å². The Bertz CT molecular complexity index is 591. The highest BCUT2D eigenvalue weighted by Gasteiger charge is 2.22. The average molecular weight is 341 g/mol. The van der Waals surface area contributed by atoms with Crippen LogP contribution in [0, 0.1) is 0 Å². The van der Waals surface area contributed by atoms with Crippen molar-refractivity contribution in [3.63, 3.8) is 0 Å². The molecule has 0 aliphatic heterocycles. The highest BCUT2D eigenvalue weighted by molar-refractivity contribution is 7.90. The summed E-state index contributed by atoms with van der Waals surface area (Å²) in [7, 11) is -2.96. The zero-order chi connectivity index (χ0) is 17.5. The lowest BCUT2D eigenvalue weighted by atomic mass is 10.2. The number of carbonyl (C=O) groups excluding carboxylic acids is 1. The second kappa shape index (κ2) is 8.34. The van der Waals surface area contributed by atoms with Crippen LogP contribution in [0.2, 0.25) is 0 Å². The van der Waals surface area contributed by atoms with Gasteiger partial charge >= 0.3 is 6.09 Å². The first-order valence-corrected chi connectivity index (χ1v) is 9.82. The molecule has 0 saturated heterocycles. The van der Waals surface area contributed by atoms with Gasteiger partial charge in [-0.3, -0.25) is 0 Å². The fraction of sp³-hybridized carbons (Fsp3) is 0.588. The number of sulfone groups is 1. The highest BCUT2D eigenvalue weighted by Crippen LogP contribution is 2.13. The van der Waals surface area contributed by atoms with Crippen molar-refractivity contribution in [3.05, 3.63) is 35.9 Å². The molecule has 0 heterocycles. The summed E-state index contributed by atoms with van der Waals surface area (Å²) in [6.07, 6.45) is 2.01. The Morgan fingerprint density at radius 1 is 1.13 bits per heavy atom. The monoisotopic (exact) mass is 341 g/mol. The number of nitrogens with zero attached hydrogens (tertiary/aromatic N) is 1. The minimum atomic E-state index is -2.96. The molecule has 0 aromatic heterocycles. The maximum absolute atomic E-state index is 12.3. The van der Waals surface area contributed by atoms with Crippen LogP contribution in [0.15, 0.2) is 30.3 Å². The molecule has 0 aliphatic rings. The molecule has 23 heavy (non-hydrogen) atoms. The number of hydrogen-bond donors (Lipinski definition) is 0. The van der Waals surface area contributed by atoms with Crippen LogP contribution in [0.1, 0.15) is 39.2 Å². The molecule has 0 N–H and O–H groups in total. The standard InChI is InChI=1S/C17H27NO4S/c1-17(2,3)22-16(19)18(12-8-9-13-23(4,20)21)14-15-10-6-5-7-11-15/h5-7,10-11H,8-9,12-14H2,1-4H3. The summed E-state index contributed by atoms with van der Waals surface area (Å²) in [5.74, 6) is 0.139. The van der Waals surface area contributed by atoms with E-state index in [2.05, 4.69) is 0 Å². The predicted molar refractivity (Wildman–Crippen MR) is 92.0 cm³/mol. The van der Waals surface area contributed by atoms with Gasteiger partial charge in [-0.1, -0.05) is 30.3 Å². The number of hydrogen-bond acceptors (Lipinski definition) is 4. The van der Waals surface area contributed by atoms with Crippen LogP contribution in [0.3, 0.4) is 0 Å². The van der Waals surface area contributed by atoms with Crippen LogP contribution in [-0.4, -0.2) is 43.6 Å². The van der Waals surface area contributed by atoms with Crippen molar-refractivity contribution in [2.45, 2.75) is 45.8 Å². The zero-order valence-corrected chi connectivity index (χ0v) is 15.2. The third kappa shape index (κ3) is 9.23. The smallest absolute Gasteiger partial charge is 0.410 e. The van der Waals surface area contributed by atoms with Gasteiger partial charge in [0.05, 0.1) is 0 Å². The lowest BCUT2D eigenvalue weighted by molar-refractivity contribution is 0.0231. The van der Waals surface area contributed by atoms with Crippen molar-refractivity contribution in [1.29, 1.82) is 0 Å². The molecule has 1 amide bonds. The quantitative estimate of drug-likeness (QED) is 0.714. The van der Waals surface area contributed by atoms with Gasteiger partial charge in [-0.05, 0) is 39.2 Å². The van der Waals surface area contributed by atoms with Gasteiger partial charge in [-0.2, -0.15) is 0 Å². The zero-order valence-electron chi connectivity index (χ0n) is 14.4. The summed E-state index contributed by atoms with van der Waals surface area (Å²) >= 11 is 0. The first kappa shape index (κ1) is 19.5. The lowest BCUT2D eigenvalue weighted by Crippen LogP contribution is -2.37. The minimum Gasteiger partial charge on any atom is -0.444 e. The Morgan fingerprint density at radius 2 is 1.74 bits per heavy atom. The highest BCUT2D eigenvalue weighted by atomic mass is 32.2. The third-order valence-electron chi connectivity index (χ3n) is 3.06. The van der Waals surface area contributed by atoms with Crippen LogP contribution in [0.5, 0.6) is 0 Å². The van der Waals surface area contributed by atoms with E-state index in [-0.39, 0.29) is 11.8 Å². The summed E-state index contributed by atoms with van der Waals surface area (Å²) < 4.78 is 27.8. The van der Waals surface area contributed by atoms with E-state index in [1.165, 1.54) is 6.26 Å². The van der Waals surface area contributed by atoms with Crippen molar-refractivity contribution in [3.8, 4) is 0 Å². The minimum absolute atomic E-state index is 0.139. The first-order chi connectivity index (χ1) is 10.6. The molecule has 130 valence electrons. The van der Waals surface area contributed by atoms with Gasteiger partial charge in [0, 0.05) is 25.1 Å². The van der Waals surface area contributed by atoms with Gasteiger partial charge in [0.25, 0.3) is 0 Å². The Labute approximate surface area is 139 Å². The summed E-state index contributed by atoms with van der Waals surface area (Å²) in [5.41, 5.74) is 0.458. The van der Waals surface area contributed by atoms with Gasteiger partial charge < -0.3 is 9.64 Å². The van der Waals surface area contributed by atoms with Gasteiger partial charge in [-0.15, -0.1) is 0 Å². The molecular formula is C17H27NO4S. The molecule has 1 aromatic rings. The third-order valence-corrected chi connectivity index (χ3v) is 4.09. The lowest BCUT2D eigenvalue weighted by Gasteiger charge is -2.27. The number of carbonyl (C=O) groups is 1. The molecule has 0 saturated carbocycles. The molecule has 1 aromatic carbocycles. The Hall–Kier alpha value is -1.56. The SMILES string of the molecule is CC(C)(C)OC(=O)N(CCCCS(C)(=O)=O)Cc1ccccc1. The summed E-state index contributed by atoms with van der Waals surface area (Å²) in [6.45, 7) is 6.41. The molecule has 0 atom stereocenters. The Kier molecular flexibility index (Phi) is 7.06. The maximum atomic E-state index is 12.3. The Balaban J connectivity index is 2.66. The molecule has 5 nitrogen and oxygen atoms in total. The van der Waals surface area contributed by atoms with Gasteiger partial charge in [0.15, 0.2) is 0 Å². The first-order valence-electron chi connectivity index (χ1n) is 7.76. The molecule has 0 bridgehead atoms. The number of unbranched alkanes of at least 4 members (excludes halogenated alkanes) is 1. The molecule has 0 fully saturated rings. The second-order valence-corrected chi connectivity index (χ2v) is 8.98. The second-order valence-electron chi connectivity index (χ2n) is 6.72. The number of benzene rings is 1. The molecule has 0 unspecified atom stereocenters. The summed E-state index contributed by atoms with van der Waals surface area (Å²) in [4.78, 5) is 14.0. The van der Waals surface area contributed by atoms with Crippen molar-refractivity contribution >= 4 is 15.9 Å². The van der Waals surface area contributed by atoms with Crippen LogP contribution in [0.4, 0.5) is 4.79 Å². The average Bonchev–Trinajstić information content (AvgIpc) is 2.40. The van der Waals surface area contributed by atoms with E-state index < -0.39 is 15.4 Å². The topological polar surface area (TPSA) is 63.7 Å². The molecule has 0 radical (unpaired) electrons. The van der Waals surface area contributed by atoms with Crippen molar-refractivity contribution in [2.24, 2.45) is 0 Å². The normalized spacial score (nSPS) is 12.0. The largest absolute Gasteiger partial charge is 0.444 e. The van der Waals surface area contributed by atoms with Crippen LogP contribution >= 0.6 is 0 Å². The van der Waals surface area contributed by atoms with Crippen molar-refractivity contribution in [1.82, 2.24) is 4.90 Å². The van der Waals surface area contributed by atoms with E-state index >= 15 is 0 Å². The van der Waals surface area contributed by atoms with E-state index in [1.807, 2.05) is 51.1 Å². The molecule has 1 rings (SSSR count). The van der Waals surface area contributed by atoms with Crippen molar-refractivity contribution < 1.29 is 17.9 Å². The molecule has 0 spiro atoms. The summed E-state index contributed by atoms with van der Waals surface area (Å²) in [5, 5.41) is 0. The van der Waals surface area contributed by atoms with Crippen molar-refractivity contribution in [2.75, 3.05) is 18.6 Å². The molecular weight excluding hydrogens is 314 g/mol. The van der Waals surface area contributed by atoms with E-state index in [0.29, 0.717) is 25.9 Å². The van der Waals surface area contributed by atoms with E-state index in [4.69, 9.17) is 4.74 Å². The molecule has 6 heteroatoms.